The van der Waals surface area contributed by atoms with Gasteiger partial charge >= 0.3 is 0 Å². The van der Waals surface area contributed by atoms with Crippen molar-refractivity contribution in [2.75, 3.05) is 5.43 Å². The second-order valence-electron chi connectivity index (χ2n) is 4.03. The second kappa shape index (κ2) is 7.81. The van der Waals surface area contributed by atoms with Gasteiger partial charge in [0, 0.05) is 6.21 Å². The minimum atomic E-state index is -0.0329. The van der Waals surface area contributed by atoms with Crippen molar-refractivity contribution in [3.63, 3.8) is 0 Å². The Hall–Kier alpha value is -2.06. The SMILES string of the molecule is N#Cc1c(Cl)nc(NN=CC=Cc2ccccc2)c(Cl)c1Cl. The summed E-state index contributed by atoms with van der Waals surface area (Å²) in [5.74, 6) is 0.181. The van der Waals surface area contributed by atoms with Gasteiger partial charge in [0.2, 0.25) is 0 Å². The largest absolute Gasteiger partial charge is 0.260 e. The van der Waals surface area contributed by atoms with Crippen molar-refractivity contribution in [2.24, 2.45) is 5.10 Å². The van der Waals surface area contributed by atoms with Crippen molar-refractivity contribution < 1.29 is 0 Å². The summed E-state index contributed by atoms with van der Waals surface area (Å²) in [5.41, 5.74) is 3.71. The summed E-state index contributed by atoms with van der Waals surface area (Å²) in [6.45, 7) is 0. The molecular weight excluding hydrogens is 343 g/mol. The third-order valence-electron chi connectivity index (χ3n) is 2.57. The lowest BCUT2D eigenvalue weighted by molar-refractivity contribution is 1.22. The number of benzene rings is 1. The number of rotatable bonds is 4. The molecule has 110 valence electrons. The first-order chi connectivity index (χ1) is 10.6. The van der Waals surface area contributed by atoms with Crippen LogP contribution in [0.25, 0.3) is 6.08 Å². The van der Waals surface area contributed by atoms with E-state index in [2.05, 4.69) is 15.5 Å². The first-order valence-corrected chi connectivity index (χ1v) is 7.22. The number of halogens is 3. The Labute approximate surface area is 142 Å². The molecule has 0 unspecified atom stereocenters. The topological polar surface area (TPSA) is 61.1 Å². The number of hydrogen-bond donors (Lipinski definition) is 1. The van der Waals surface area contributed by atoms with Crippen LogP contribution in [0.5, 0.6) is 0 Å². The van der Waals surface area contributed by atoms with E-state index in [9.17, 15) is 0 Å². The van der Waals surface area contributed by atoms with Gasteiger partial charge in [-0.2, -0.15) is 10.4 Å². The van der Waals surface area contributed by atoms with E-state index >= 15 is 0 Å². The quantitative estimate of drug-likeness (QED) is 0.477. The fraction of sp³-hybridized carbons (Fsp3) is 0. The molecule has 0 aliphatic carbocycles. The van der Waals surface area contributed by atoms with Crippen molar-refractivity contribution in [1.82, 2.24) is 4.98 Å². The van der Waals surface area contributed by atoms with Crippen LogP contribution in [-0.4, -0.2) is 11.2 Å². The molecule has 1 aromatic carbocycles. The Balaban J connectivity index is 2.08. The van der Waals surface area contributed by atoms with Crippen LogP contribution < -0.4 is 5.43 Å². The Morgan fingerprint density at radius 3 is 2.55 bits per heavy atom. The molecule has 0 radical (unpaired) electrons. The molecule has 7 heteroatoms. The van der Waals surface area contributed by atoms with Crippen LogP contribution >= 0.6 is 34.8 Å². The number of aromatic nitrogens is 1. The van der Waals surface area contributed by atoms with Gasteiger partial charge in [0.05, 0.1) is 5.02 Å². The third kappa shape index (κ3) is 3.99. The number of hydrazone groups is 1. The highest BCUT2D eigenvalue weighted by Crippen LogP contribution is 2.34. The van der Waals surface area contributed by atoms with Gasteiger partial charge in [-0.25, -0.2) is 4.98 Å². The second-order valence-corrected chi connectivity index (χ2v) is 5.14. The van der Waals surface area contributed by atoms with Crippen molar-refractivity contribution in [3.8, 4) is 6.07 Å². The molecule has 2 aromatic rings. The Morgan fingerprint density at radius 2 is 1.86 bits per heavy atom. The molecule has 4 nitrogen and oxygen atoms in total. The number of nitriles is 1. The van der Waals surface area contributed by atoms with Crippen LogP contribution in [0.4, 0.5) is 5.82 Å². The number of anilines is 1. The predicted molar refractivity (Wildman–Crippen MR) is 91.6 cm³/mol. The van der Waals surface area contributed by atoms with Gasteiger partial charge in [-0.3, -0.25) is 5.43 Å². The van der Waals surface area contributed by atoms with Crippen LogP contribution in [0.1, 0.15) is 11.1 Å². The lowest BCUT2D eigenvalue weighted by atomic mass is 10.2. The summed E-state index contributed by atoms with van der Waals surface area (Å²) in [4.78, 5) is 3.94. The number of nitrogens with zero attached hydrogens (tertiary/aromatic N) is 3. The lowest BCUT2D eigenvalue weighted by Gasteiger charge is -2.06. The smallest absolute Gasteiger partial charge is 0.168 e. The van der Waals surface area contributed by atoms with Gasteiger partial charge in [0.15, 0.2) is 11.0 Å². The lowest BCUT2D eigenvalue weighted by Crippen LogP contribution is -1.97. The van der Waals surface area contributed by atoms with Crippen molar-refractivity contribution in [2.45, 2.75) is 0 Å². The number of hydrogen-bond acceptors (Lipinski definition) is 4. The molecule has 0 spiro atoms. The maximum absolute atomic E-state index is 8.89. The molecule has 0 atom stereocenters. The van der Waals surface area contributed by atoms with Crippen molar-refractivity contribution >= 4 is 52.9 Å². The van der Waals surface area contributed by atoms with Crippen molar-refractivity contribution in [1.29, 1.82) is 5.26 Å². The average Bonchev–Trinajstić information content (AvgIpc) is 2.53. The molecule has 1 heterocycles. The van der Waals surface area contributed by atoms with Crippen LogP contribution in [0, 0.1) is 11.3 Å². The fourth-order valence-corrected chi connectivity index (χ4v) is 2.21. The summed E-state index contributed by atoms with van der Waals surface area (Å²) >= 11 is 17.8. The fourth-order valence-electron chi connectivity index (χ4n) is 1.54. The van der Waals surface area contributed by atoms with E-state index in [1.807, 2.05) is 42.5 Å². The highest BCUT2D eigenvalue weighted by molar-refractivity contribution is 6.45. The maximum atomic E-state index is 8.89. The molecule has 1 aromatic heterocycles. The monoisotopic (exact) mass is 350 g/mol. The van der Waals surface area contributed by atoms with Gasteiger partial charge in [-0.05, 0) is 11.6 Å². The molecule has 0 amide bonds. The maximum Gasteiger partial charge on any atom is 0.168 e. The Kier molecular flexibility index (Phi) is 5.79. The highest BCUT2D eigenvalue weighted by atomic mass is 35.5. The summed E-state index contributed by atoms with van der Waals surface area (Å²) in [6.07, 6.45) is 5.17. The molecule has 0 saturated heterocycles. The minimum Gasteiger partial charge on any atom is -0.260 e. The van der Waals surface area contributed by atoms with Crippen LogP contribution in [0.15, 0.2) is 41.5 Å². The molecule has 22 heavy (non-hydrogen) atoms. The summed E-state index contributed by atoms with van der Waals surface area (Å²) in [7, 11) is 0. The van der Waals surface area contributed by atoms with E-state index in [4.69, 9.17) is 40.1 Å². The molecular formula is C15H9Cl3N4. The van der Waals surface area contributed by atoms with Crippen LogP contribution in [0.3, 0.4) is 0 Å². The molecule has 0 saturated carbocycles. The third-order valence-corrected chi connectivity index (χ3v) is 3.68. The van der Waals surface area contributed by atoms with E-state index in [0.29, 0.717) is 0 Å². The standard InChI is InChI=1S/C15H9Cl3N4/c16-12-11(9-19)14(18)21-15(13(12)17)22-20-8-4-7-10-5-2-1-3-6-10/h1-8H,(H,21,22). The molecule has 2 rings (SSSR count). The van der Waals surface area contributed by atoms with E-state index in [1.54, 1.807) is 6.08 Å². The van der Waals surface area contributed by atoms with Gasteiger partial charge in [-0.1, -0.05) is 71.2 Å². The highest BCUT2D eigenvalue weighted by Gasteiger charge is 2.15. The number of nitrogens with one attached hydrogen (secondary N) is 1. The zero-order valence-electron chi connectivity index (χ0n) is 11.1. The first kappa shape index (κ1) is 16.3. The Morgan fingerprint density at radius 1 is 1.14 bits per heavy atom. The summed E-state index contributed by atoms with van der Waals surface area (Å²) in [6, 6.07) is 11.6. The van der Waals surface area contributed by atoms with Gasteiger partial charge in [0.1, 0.15) is 16.7 Å². The normalized spacial score (nSPS) is 11.0. The average molecular weight is 352 g/mol. The Bertz CT molecular complexity index is 765. The molecule has 0 aliphatic heterocycles. The van der Waals surface area contributed by atoms with E-state index in [1.165, 1.54) is 6.21 Å². The van der Waals surface area contributed by atoms with E-state index < -0.39 is 0 Å². The number of pyridine rings is 1. The predicted octanol–water partition coefficient (Wildman–Crippen LogP) is 5.02. The van der Waals surface area contributed by atoms with Crippen molar-refractivity contribution in [3.05, 3.63) is 62.7 Å². The van der Waals surface area contributed by atoms with E-state index in [0.717, 1.165) is 5.56 Å². The van der Waals surface area contributed by atoms with E-state index in [-0.39, 0.29) is 26.6 Å². The molecule has 0 fully saturated rings. The number of allylic oxidation sites excluding steroid dienone is 1. The minimum absolute atomic E-state index is 0.0329. The van der Waals surface area contributed by atoms with Crippen LogP contribution in [0.2, 0.25) is 15.2 Å². The summed E-state index contributed by atoms with van der Waals surface area (Å²) < 4.78 is 0. The molecule has 0 bridgehead atoms. The van der Waals surface area contributed by atoms with Gasteiger partial charge in [-0.15, -0.1) is 0 Å². The molecule has 1 N–H and O–H groups in total. The molecule has 0 aliphatic rings. The first-order valence-electron chi connectivity index (χ1n) is 6.09. The van der Waals surface area contributed by atoms with Crippen LogP contribution in [-0.2, 0) is 0 Å². The summed E-state index contributed by atoms with van der Waals surface area (Å²) in [5, 5.41) is 12.9. The van der Waals surface area contributed by atoms with Gasteiger partial charge < -0.3 is 0 Å². The van der Waals surface area contributed by atoms with Gasteiger partial charge in [0.25, 0.3) is 0 Å². The zero-order chi connectivity index (χ0) is 15.9. The zero-order valence-corrected chi connectivity index (χ0v) is 13.4.